The molecule has 7 nitrogen and oxygen atoms in total. The Morgan fingerprint density at radius 3 is 2.42 bits per heavy atom. The second kappa shape index (κ2) is 13.8. The molecule has 1 fully saturated rings. The van der Waals surface area contributed by atoms with Crippen molar-refractivity contribution in [1.82, 2.24) is 5.32 Å². The van der Waals surface area contributed by atoms with Gasteiger partial charge in [-0.05, 0) is 0 Å². The zero-order valence-corrected chi connectivity index (χ0v) is 22.8. The second-order valence-electron chi connectivity index (χ2n) is 9.64. The van der Waals surface area contributed by atoms with E-state index in [2.05, 4.69) is 5.32 Å². The number of benzene rings is 1. The van der Waals surface area contributed by atoms with E-state index in [1.807, 2.05) is 44.2 Å². The van der Waals surface area contributed by atoms with E-state index in [1.54, 1.807) is 0 Å². The summed E-state index contributed by atoms with van der Waals surface area (Å²) in [6, 6.07) is 8.93. The van der Waals surface area contributed by atoms with E-state index in [9.17, 15) is 24.2 Å². The number of rotatable bonds is 13. The molecule has 0 bridgehead atoms. The number of aliphatic hydroxyl groups is 1. The van der Waals surface area contributed by atoms with Crippen LogP contribution in [0.1, 0.15) is 51.5 Å². The van der Waals surface area contributed by atoms with Crippen LogP contribution in [-0.4, -0.2) is 67.2 Å². The fraction of sp³-hybridized carbons (Fsp3) is 0.667. The molecule has 1 aromatic carbocycles. The van der Waals surface area contributed by atoms with E-state index in [4.69, 9.17) is 5.73 Å². The Morgan fingerprint density at radius 1 is 1.18 bits per heavy atom. The predicted molar refractivity (Wildman–Crippen MR) is 134 cm³/mol. The zero-order valence-electron chi connectivity index (χ0n) is 19.8. The van der Waals surface area contributed by atoms with Crippen LogP contribution in [0.2, 0.25) is 4.71 Å². The Bertz CT molecular complexity index is 801. The molecule has 0 heterocycles. The van der Waals surface area contributed by atoms with Crippen molar-refractivity contribution in [3.8, 4) is 0 Å². The van der Waals surface area contributed by atoms with Crippen LogP contribution >= 0.6 is 7.37 Å². The maximum atomic E-state index is 12.8. The number of aliphatic hydroxyl groups excluding tert-OH is 1. The molecular formula is C24H40AsN2O5P. The predicted octanol–water partition coefficient (Wildman–Crippen LogP) is 2.29. The maximum absolute atomic E-state index is 12.8. The molecule has 186 valence electrons. The molecule has 0 spiro atoms. The first-order valence-corrected chi connectivity index (χ1v) is 16.2. The van der Waals surface area contributed by atoms with Crippen LogP contribution < -0.4 is 11.1 Å². The van der Waals surface area contributed by atoms with E-state index < -0.39 is 40.0 Å². The van der Waals surface area contributed by atoms with Crippen LogP contribution in [0.4, 0.5) is 0 Å². The van der Waals surface area contributed by atoms with Gasteiger partial charge in [-0.25, -0.2) is 0 Å². The summed E-state index contributed by atoms with van der Waals surface area (Å²) in [6.45, 7) is 3.70. The third kappa shape index (κ3) is 10.4. The molecule has 9 heteroatoms. The van der Waals surface area contributed by atoms with Crippen molar-refractivity contribution >= 4 is 33.6 Å². The van der Waals surface area contributed by atoms with Gasteiger partial charge >= 0.3 is 205 Å². The third-order valence-electron chi connectivity index (χ3n) is 6.16. The Labute approximate surface area is 204 Å². The number of nitrogens with two attached hydrogens (primary N) is 1. The molecule has 1 aromatic rings. The summed E-state index contributed by atoms with van der Waals surface area (Å²) in [5.41, 5.74) is 7.10. The van der Waals surface area contributed by atoms with Crippen molar-refractivity contribution in [2.24, 2.45) is 17.6 Å². The van der Waals surface area contributed by atoms with Gasteiger partial charge in [-0.1, -0.05) is 0 Å². The van der Waals surface area contributed by atoms with Gasteiger partial charge in [0.15, 0.2) is 0 Å². The molecule has 5 N–H and O–H groups in total. The number of carbonyl (C=O) groups is 2. The van der Waals surface area contributed by atoms with Crippen molar-refractivity contribution in [2.75, 3.05) is 18.9 Å². The van der Waals surface area contributed by atoms with E-state index in [1.165, 1.54) is 6.42 Å². The molecule has 2 rings (SSSR count). The number of hydrogen-bond acceptors (Lipinski definition) is 5. The van der Waals surface area contributed by atoms with Crippen molar-refractivity contribution in [3.05, 3.63) is 35.9 Å². The first-order chi connectivity index (χ1) is 15.6. The average molecular weight is 542 g/mol. The molecule has 1 aliphatic carbocycles. The fourth-order valence-corrected chi connectivity index (χ4v) is 8.93. The Balaban J connectivity index is 1.82. The van der Waals surface area contributed by atoms with Crippen LogP contribution in [0, 0.1) is 11.8 Å². The minimum atomic E-state index is -3.45. The van der Waals surface area contributed by atoms with Crippen LogP contribution in [0.5, 0.6) is 0 Å². The summed E-state index contributed by atoms with van der Waals surface area (Å²) in [5, 5.41) is 13.0. The van der Waals surface area contributed by atoms with Gasteiger partial charge in [0.1, 0.15) is 0 Å². The van der Waals surface area contributed by atoms with E-state index in [-0.39, 0.29) is 41.2 Å². The van der Waals surface area contributed by atoms with Crippen LogP contribution in [0.25, 0.3) is 0 Å². The summed E-state index contributed by atoms with van der Waals surface area (Å²) >= 11 is -1.32. The van der Waals surface area contributed by atoms with Gasteiger partial charge in [-0.2, -0.15) is 0 Å². The number of amides is 1. The van der Waals surface area contributed by atoms with Crippen LogP contribution in [0.3, 0.4) is 0 Å². The molecule has 5 atom stereocenters. The average Bonchev–Trinajstić information content (AvgIpc) is 2.76. The van der Waals surface area contributed by atoms with E-state index in [0.29, 0.717) is 6.42 Å². The minimum absolute atomic E-state index is 0.0368. The fourth-order valence-electron chi connectivity index (χ4n) is 4.33. The van der Waals surface area contributed by atoms with Gasteiger partial charge in [0.05, 0.1) is 0 Å². The molecule has 1 amide bonds. The van der Waals surface area contributed by atoms with Gasteiger partial charge in [0.2, 0.25) is 0 Å². The molecule has 33 heavy (non-hydrogen) atoms. The van der Waals surface area contributed by atoms with Gasteiger partial charge in [0.25, 0.3) is 0 Å². The SMILES string of the molecule is CC(C)[C@@H]([AsH]C(=O)[C@@H](N)Cc1ccccc1)C(=O)NC[C@H](O)CP(=O)(O)CC1CCCCC1. The standard InChI is InChI=1S/C24H40AsN2O5P/c1-17(2)22(25-23(29)21(26)13-18-9-5-3-6-10-18)24(30)27-14-20(28)16-33(31,32)15-19-11-7-4-8-12-19/h3,5-6,9-10,17,19-22,25,28H,4,7-8,11-16,26H2,1-2H3,(H,27,30)(H,31,32)/t20-,21-,22+/m0/s1. The summed E-state index contributed by atoms with van der Waals surface area (Å²) in [5.74, 6) is -0.0761. The summed E-state index contributed by atoms with van der Waals surface area (Å²) < 4.78 is 12.1. The van der Waals surface area contributed by atoms with Crippen molar-refractivity contribution in [2.45, 2.75) is 69.2 Å². The number of hydrogen-bond donors (Lipinski definition) is 4. The first-order valence-electron chi connectivity index (χ1n) is 11.9. The summed E-state index contributed by atoms with van der Waals surface area (Å²) in [7, 11) is -3.45. The first kappa shape index (κ1) is 28.3. The van der Waals surface area contributed by atoms with Crippen molar-refractivity contribution in [1.29, 1.82) is 0 Å². The number of carbonyl (C=O) groups excluding carboxylic acids is 2. The Kier molecular flexibility index (Phi) is 11.8. The zero-order chi connectivity index (χ0) is 24.4. The van der Waals surface area contributed by atoms with Gasteiger partial charge in [0, 0.05) is 0 Å². The molecule has 0 radical (unpaired) electrons. The molecule has 2 unspecified atom stereocenters. The van der Waals surface area contributed by atoms with Gasteiger partial charge in [-0.15, -0.1) is 0 Å². The Hall–Kier alpha value is -0.972. The Morgan fingerprint density at radius 2 is 1.82 bits per heavy atom. The van der Waals surface area contributed by atoms with Crippen molar-refractivity contribution < 1.29 is 24.2 Å². The second-order valence-corrected chi connectivity index (χ2v) is 15.0. The number of nitrogens with one attached hydrogen (secondary N) is 1. The molecule has 0 saturated heterocycles. The van der Waals surface area contributed by atoms with Crippen molar-refractivity contribution in [3.63, 3.8) is 0 Å². The molecule has 1 saturated carbocycles. The topological polar surface area (TPSA) is 130 Å². The monoisotopic (exact) mass is 542 g/mol. The van der Waals surface area contributed by atoms with Crippen LogP contribution in [0.15, 0.2) is 30.3 Å². The van der Waals surface area contributed by atoms with Gasteiger partial charge in [-0.3, -0.25) is 0 Å². The molecular weight excluding hydrogens is 502 g/mol. The quantitative estimate of drug-likeness (QED) is 0.224. The van der Waals surface area contributed by atoms with Crippen LogP contribution in [-0.2, 0) is 20.6 Å². The third-order valence-corrected chi connectivity index (χ3v) is 12.2. The summed E-state index contributed by atoms with van der Waals surface area (Å²) in [4.78, 5) is 35.8. The van der Waals surface area contributed by atoms with Gasteiger partial charge < -0.3 is 0 Å². The molecule has 0 aliphatic heterocycles. The summed E-state index contributed by atoms with van der Waals surface area (Å²) in [6.07, 6.45) is 4.70. The van der Waals surface area contributed by atoms with E-state index in [0.717, 1.165) is 31.2 Å². The van der Waals surface area contributed by atoms with E-state index >= 15 is 0 Å². The molecule has 0 aromatic heterocycles. The molecule has 1 aliphatic rings. The normalized spacial score (nSPS) is 19.8.